The van der Waals surface area contributed by atoms with Gasteiger partial charge in [0.1, 0.15) is 5.75 Å². The Labute approximate surface area is 148 Å². The molecular weight excluding hydrogens is 334 g/mol. The molecule has 4 rings (SSSR count). The van der Waals surface area contributed by atoms with Crippen molar-refractivity contribution in [1.82, 2.24) is 0 Å². The molecule has 0 atom stereocenters. The van der Waals surface area contributed by atoms with Crippen LogP contribution in [0.2, 0.25) is 0 Å². The van der Waals surface area contributed by atoms with Crippen LogP contribution in [0.4, 0.5) is 5.69 Å². The quantitative estimate of drug-likeness (QED) is 0.842. The molecule has 0 saturated carbocycles. The third-order valence-electron chi connectivity index (χ3n) is 5.00. The summed E-state index contributed by atoms with van der Waals surface area (Å²) in [4.78, 5) is 0.509. The predicted octanol–water partition coefficient (Wildman–Crippen LogP) is 3.76. The number of methoxy groups -OCH3 is 1. The number of sulfonamides is 1. The molecule has 2 aromatic rings. The van der Waals surface area contributed by atoms with Gasteiger partial charge in [-0.15, -0.1) is 0 Å². The van der Waals surface area contributed by atoms with Crippen LogP contribution in [0.15, 0.2) is 47.4 Å². The number of aryl methyl sites for hydroxylation is 2. The third kappa shape index (κ3) is 2.82. The number of nitrogens with zero attached hydrogens (tertiary/aromatic N) is 1. The Morgan fingerprint density at radius 1 is 1.00 bits per heavy atom. The maximum absolute atomic E-state index is 13.3. The molecule has 1 heterocycles. The minimum Gasteiger partial charge on any atom is -0.497 e. The fourth-order valence-corrected chi connectivity index (χ4v) is 5.39. The number of hydrogen-bond donors (Lipinski definition) is 0. The molecular formula is C20H21NO3S. The molecule has 0 N–H and O–H groups in total. The summed E-state index contributed by atoms with van der Waals surface area (Å²) in [6.07, 6.45) is 4.86. The zero-order chi connectivity index (χ0) is 17.4. The number of anilines is 1. The van der Waals surface area contributed by atoms with Crippen molar-refractivity contribution in [3.8, 4) is 5.75 Å². The van der Waals surface area contributed by atoms with Gasteiger partial charge in [0.05, 0.1) is 17.7 Å². The highest BCUT2D eigenvalue weighted by molar-refractivity contribution is 7.96. The lowest BCUT2D eigenvalue weighted by atomic mass is 9.98. The Bertz CT molecular complexity index is 947. The van der Waals surface area contributed by atoms with Crippen molar-refractivity contribution < 1.29 is 13.2 Å². The fraction of sp³-hybridized carbons (Fsp3) is 0.300. The lowest BCUT2D eigenvalue weighted by Gasteiger charge is -2.32. The second-order valence-corrected chi connectivity index (χ2v) is 8.40. The molecule has 2 aliphatic rings. The topological polar surface area (TPSA) is 46.6 Å². The maximum Gasteiger partial charge on any atom is 0.260 e. The van der Waals surface area contributed by atoms with Gasteiger partial charge in [0.15, 0.2) is 0 Å². The molecule has 0 bridgehead atoms. The normalized spacial score (nSPS) is 16.7. The van der Waals surface area contributed by atoms with Crippen LogP contribution < -0.4 is 9.04 Å². The highest BCUT2D eigenvalue weighted by Gasteiger charge is 2.32. The molecule has 4 nitrogen and oxygen atoms in total. The van der Waals surface area contributed by atoms with Gasteiger partial charge in [-0.2, -0.15) is 0 Å². The van der Waals surface area contributed by atoms with Crippen LogP contribution in [-0.2, 0) is 22.9 Å². The predicted molar refractivity (Wildman–Crippen MR) is 100 cm³/mol. The molecule has 25 heavy (non-hydrogen) atoms. The number of allylic oxidation sites excluding steroid dienone is 1. The van der Waals surface area contributed by atoms with Crippen molar-refractivity contribution in [1.29, 1.82) is 0 Å². The summed E-state index contributed by atoms with van der Waals surface area (Å²) in [5.41, 5.74) is 4.04. The molecule has 0 fully saturated rings. The number of benzene rings is 2. The lowest BCUT2D eigenvalue weighted by molar-refractivity contribution is 0.414. The van der Waals surface area contributed by atoms with Crippen molar-refractivity contribution >= 4 is 21.8 Å². The molecule has 5 heteroatoms. The van der Waals surface area contributed by atoms with Crippen molar-refractivity contribution in [2.24, 2.45) is 0 Å². The zero-order valence-corrected chi connectivity index (χ0v) is 15.1. The van der Waals surface area contributed by atoms with E-state index in [1.165, 1.54) is 5.56 Å². The van der Waals surface area contributed by atoms with Crippen molar-refractivity contribution in [2.45, 2.75) is 25.7 Å². The summed E-state index contributed by atoms with van der Waals surface area (Å²) in [5.74, 6) is 0.767. The smallest absolute Gasteiger partial charge is 0.260 e. The van der Waals surface area contributed by atoms with Crippen LogP contribution in [0.5, 0.6) is 5.75 Å². The molecule has 2 aromatic carbocycles. The second kappa shape index (κ2) is 6.23. The summed E-state index contributed by atoms with van der Waals surface area (Å²) < 4.78 is 33.4. The van der Waals surface area contributed by atoms with E-state index in [1.807, 2.05) is 42.5 Å². The summed E-state index contributed by atoms with van der Waals surface area (Å²) in [6, 6.07) is 13.6. The Kier molecular flexibility index (Phi) is 4.04. The zero-order valence-electron chi connectivity index (χ0n) is 14.2. The van der Waals surface area contributed by atoms with Gasteiger partial charge in [-0.05, 0) is 66.6 Å². The Hall–Kier alpha value is -2.27. The lowest BCUT2D eigenvalue weighted by Crippen LogP contribution is -2.36. The first kappa shape index (κ1) is 16.2. The first-order chi connectivity index (χ1) is 12.1. The Morgan fingerprint density at radius 2 is 1.84 bits per heavy atom. The van der Waals surface area contributed by atoms with Crippen LogP contribution in [0.3, 0.4) is 0 Å². The van der Waals surface area contributed by atoms with Crippen LogP contribution >= 0.6 is 0 Å². The maximum atomic E-state index is 13.3. The van der Waals surface area contributed by atoms with Gasteiger partial charge in [0, 0.05) is 6.54 Å². The van der Waals surface area contributed by atoms with E-state index in [0.29, 0.717) is 17.9 Å². The van der Waals surface area contributed by atoms with E-state index in [0.717, 1.165) is 41.8 Å². The first-order valence-electron chi connectivity index (χ1n) is 8.58. The molecule has 130 valence electrons. The molecule has 0 radical (unpaired) electrons. The van der Waals surface area contributed by atoms with Gasteiger partial charge < -0.3 is 4.74 Å². The summed E-state index contributed by atoms with van der Waals surface area (Å²) in [5, 5.41) is 0. The fourth-order valence-electron chi connectivity index (χ4n) is 3.67. The van der Waals surface area contributed by atoms with Gasteiger partial charge in [0.2, 0.25) is 0 Å². The van der Waals surface area contributed by atoms with Crippen LogP contribution in [0, 0.1) is 0 Å². The van der Waals surface area contributed by atoms with Gasteiger partial charge >= 0.3 is 0 Å². The minimum absolute atomic E-state index is 0.509. The minimum atomic E-state index is -3.51. The number of ether oxygens (including phenoxy) is 1. The molecule has 1 aliphatic heterocycles. The SMILES string of the molecule is COc1ccc2c(c1)CCCN2S(=O)(=O)C1=Cc2ccccc2CC1. The molecule has 0 unspecified atom stereocenters. The monoisotopic (exact) mass is 355 g/mol. The molecule has 0 amide bonds. The second-order valence-electron chi connectivity index (χ2n) is 6.48. The average molecular weight is 355 g/mol. The summed E-state index contributed by atoms with van der Waals surface area (Å²) >= 11 is 0. The average Bonchev–Trinajstić information content (AvgIpc) is 2.66. The van der Waals surface area contributed by atoms with Gasteiger partial charge in [-0.1, -0.05) is 24.3 Å². The van der Waals surface area contributed by atoms with E-state index in [-0.39, 0.29) is 0 Å². The van der Waals surface area contributed by atoms with Crippen LogP contribution in [0.25, 0.3) is 6.08 Å². The summed E-state index contributed by atoms with van der Waals surface area (Å²) in [7, 11) is -1.88. The van der Waals surface area contributed by atoms with Crippen molar-refractivity contribution in [2.75, 3.05) is 18.0 Å². The van der Waals surface area contributed by atoms with E-state index in [1.54, 1.807) is 11.4 Å². The molecule has 0 aromatic heterocycles. The van der Waals surface area contributed by atoms with E-state index < -0.39 is 10.0 Å². The van der Waals surface area contributed by atoms with Crippen molar-refractivity contribution in [3.63, 3.8) is 0 Å². The van der Waals surface area contributed by atoms with Crippen molar-refractivity contribution in [3.05, 3.63) is 64.1 Å². The van der Waals surface area contributed by atoms with Gasteiger partial charge in [-0.25, -0.2) is 8.42 Å². The van der Waals surface area contributed by atoms with E-state index in [4.69, 9.17) is 4.74 Å². The van der Waals surface area contributed by atoms with E-state index in [9.17, 15) is 8.42 Å². The van der Waals surface area contributed by atoms with E-state index >= 15 is 0 Å². The Morgan fingerprint density at radius 3 is 2.68 bits per heavy atom. The van der Waals surface area contributed by atoms with Gasteiger partial charge in [0.25, 0.3) is 10.0 Å². The van der Waals surface area contributed by atoms with E-state index in [2.05, 4.69) is 6.07 Å². The van der Waals surface area contributed by atoms with Crippen LogP contribution in [-0.4, -0.2) is 22.1 Å². The number of hydrogen-bond acceptors (Lipinski definition) is 3. The Balaban J connectivity index is 1.75. The standard InChI is InChI=1S/C20H21NO3S/c1-24-18-9-11-20-17(13-18)7-4-12-21(20)25(22,23)19-10-8-15-5-2-3-6-16(15)14-19/h2-3,5-6,9,11,13-14H,4,7-8,10,12H2,1H3. The first-order valence-corrected chi connectivity index (χ1v) is 10.0. The molecule has 1 aliphatic carbocycles. The largest absolute Gasteiger partial charge is 0.497 e. The highest BCUT2D eigenvalue weighted by Crippen LogP contribution is 2.36. The summed E-state index contributed by atoms with van der Waals surface area (Å²) in [6.45, 7) is 0.528. The number of fused-ring (bicyclic) bond motifs is 2. The molecule has 0 saturated heterocycles. The van der Waals surface area contributed by atoms with Crippen LogP contribution in [0.1, 0.15) is 29.5 Å². The molecule has 0 spiro atoms. The van der Waals surface area contributed by atoms with Gasteiger partial charge in [-0.3, -0.25) is 4.31 Å². The highest BCUT2D eigenvalue weighted by atomic mass is 32.2. The third-order valence-corrected chi connectivity index (χ3v) is 6.94. The number of rotatable bonds is 3.